The van der Waals surface area contributed by atoms with Gasteiger partial charge in [-0.2, -0.15) is 0 Å². The Bertz CT molecular complexity index is 520. The molecule has 0 saturated heterocycles. The highest BCUT2D eigenvalue weighted by Gasteiger charge is 2.21. The zero-order valence-electron chi connectivity index (χ0n) is 10.8. The Labute approximate surface area is 113 Å². The van der Waals surface area contributed by atoms with Crippen LogP contribution in [0, 0.1) is 17.5 Å². The largest absolute Gasteiger partial charge is 0.481 e. The van der Waals surface area contributed by atoms with Gasteiger partial charge in [0, 0.05) is 6.04 Å². The van der Waals surface area contributed by atoms with E-state index < -0.39 is 40.9 Å². The number of nitrogens with one attached hydrogen (secondary N) is 1. The lowest BCUT2D eigenvalue weighted by Gasteiger charge is -2.16. The van der Waals surface area contributed by atoms with Crippen LogP contribution < -0.4 is 5.32 Å². The number of hydrogen-bond acceptors (Lipinski definition) is 2. The third kappa shape index (κ3) is 3.97. The Morgan fingerprint density at radius 2 is 1.90 bits per heavy atom. The third-order valence-electron chi connectivity index (χ3n) is 2.67. The first-order chi connectivity index (χ1) is 9.36. The van der Waals surface area contributed by atoms with Crippen molar-refractivity contribution in [2.75, 3.05) is 0 Å². The van der Waals surface area contributed by atoms with Gasteiger partial charge in [0.05, 0.1) is 12.0 Å². The molecule has 0 aliphatic heterocycles. The molecule has 1 rings (SSSR count). The smallest absolute Gasteiger partial charge is 0.305 e. The first-order valence-electron chi connectivity index (χ1n) is 6.03. The zero-order valence-corrected chi connectivity index (χ0v) is 10.8. The van der Waals surface area contributed by atoms with Crippen LogP contribution in [0.5, 0.6) is 0 Å². The van der Waals surface area contributed by atoms with E-state index in [1.807, 2.05) is 0 Å². The minimum atomic E-state index is -1.73. The number of carboxylic acid groups (broad SMARTS) is 1. The maximum atomic E-state index is 13.4. The average molecular weight is 289 g/mol. The summed E-state index contributed by atoms with van der Waals surface area (Å²) < 4.78 is 39.2. The molecule has 0 aliphatic carbocycles. The lowest BCUT2D eigenvalue weighted by molar-refractivity contribution is -0.137. The number of rotatable bonds is 6. The van der Waals surface area contributed by atoms with E-state index in [0.29, 0.717) is 18.9 Å². The second-order valence-corrected chi connectivity index (χ2v) is 4.28. The van der Waals surface area contributed by atoms with Crippen LogP contribution >= 0.6 is 0 Å². The summed E-state index contributed by atoms with van der Waals surface area (Å²) in [4.78, 5) is 22.4. The first kappa shape index (κ1) is 16.0. The highest BCUT2D eigenvalue weighted by atomic mass is 19.2. The molecule has 0 fully saturated rings. The van der Waals surface area contributed by atoms with Crippen LogP contribution in [0.2, 0.25) is 0 Å². The van der Waals surface area contributed by atoms with Crippen molar-refractivity contribution in [1.29, 1.82) is 0 Å². The first-order valence-corrected chi connectivity index (χ1v) is 6.03. The van der Waals surface area contributed by atoms with Crippen molar-refractivity contribution in [1.82, 2.24) is 5.32 Å². The fourth-order valence-corrected chi connectivity index (χ4v) is 1.75. The summed E-state index contributed by atoms with van der Waals surface area (Å²) in [6, 6.07) is 0.754. The summed E-state index contributed by atoms with van der Waals surface area (Å²) in [5.74, 6) is -6.80. The van der Waals surface area contributed by atoms with E-state index in [0.717, 1.165) is 6.07 Å². The van der Waals surface area contributed by atoms with E-state index in [1.54, 1.807) is 6.92 Å². The highest BCUT2D eigenvalue weighted by Crippen LogP contribution is 2.15. The number of carbonyl (C=O) groups excluding carboxylic acids is 1. The maximum absolute atomic E-state index is 13.4. The summed E-state index contributed by atoms with van der Waals surface area (Å²) >= 11 is 0. The Hall–Kier alpha value is -2.05. The fourth-order valence-electron chi connectivity index (χ4n) is 1.75. The van der Waals surface area contributed by atoms with E-state index in [1.165, 1.54) is 0 Å². The summed E-state index contributed by atoms with van der Waals surface area (Å²) in [5, 5.41) is 11.0. The van der Waals surface area contributed by atoms with Crippen molar-refractivity contribution in [3.8, 4) is 0 Å². The molecule has 0 saturated carbocycles. The molecular weight excluding hydrogens is 275 g/mol. The van der Waals surface area contributed by atoms with Crippen molar-refractivity contribution in [3.63, 3.8) is 0 Å². The van der Waals surface area contributed by atoms with Crippen LogP contribution in [0.3, 0.4) is 0 Å². The Kier molecular flexibility index (Phi) is 5.54. The second kappa shape index (κ2) is 6.93. The van der Waals surface area contributed by atoms with Gasteiger partial charge in [-0.3, -0.25) is 9.59 Å². The predicted molar refractivity (Wildman–Crippen MR) is 64.7 cm³/mol. The SMILES string of the molecule is CCCC(CC(=O)O)NC(=O)c1ccc(F)c(F)c1F. The average Bonchev–Trinajstić information content (AvgIpc) is 2.35. The maximum Gasteiger partial charge on any atom is 0.305 e. The zero-order chi connectivity index (χ0) is 15.3. The van der Waals surface area contributed by atoms with Crippen molar-refractivity contribution >= 4 is 11.9 Å². The standard InChI is InChI=1S/C13H14F3NO3/c1-2-3-7(6-10(18)19)17-13(20)8-4-5-9(14)12(16)11(8)15/h4-5,7H,2-3,6H2,1H3,(H,17,20)(H,18,19). The van der Waals surface area contributed by atoms with Gasteiger partial charge in [0.2, 0.25) is 0 Å². The molecule has 1 unspecified atom stereocenters. The Balaban J connectivity index is 2.89. The molecule has 1 amide bonds. The van der Waals surface area contributed by atoms with E-state index in [2.05, 4.69) is 5.32 Å². The molecule has 0 bridgehead atoms. The number of aliphatic carboxylic acids is 1. The van der Waals surface area contributed by atoms with Gasteiger partial charge in [0.15, 0.2) is 17.5 Å². The molecular formula is C13H14F3NO3. The second-order valence-electron chi connectivity index (χ2n) is 4.28. The molecule has 1 aromatic carbocycles. The molecule has 4 nitrogen and oxygen atoms in total. The molecule has 0 heterocycles. The van der Waals surface area contributed by atoms with Gasteiger partial charge in [-0.15, -0.1) is 0 Å². The van der Waals surface area contributed by atoms with E-state index >= 15 is 0 Å². The predicted octanol–water partition coefficient (Wildman–Crippen LogP) is 2.48. The van der Waals surface area contributed by atoms with Crippen LogP contribution in [-0.2, 0) is 4.79 Å². The molecule has 0 radical (unpaired) electrons. The van der Waals surface area contributed by atoms with Gasteiger partial charge < -0.3 is 10.4 Å². The van der Waals surface area contributed by atoms with Crippen molar-refractivity contribution in [2.24, 2.45) is 0 Å². The molecule has 20 heavy (non-hydrogen) atoms. The van der Waals surface area contributed by atoms with Crippen molar-refractivity contribution < 1.29 is 27.9 Å². The lowest BCUT2D eigenvalue weighted by atomic mass is 10.1. The topological polar surface area (TPSA) is 66.4 Å². The number of amides is 1. The minimum Gasteiger partial charge on any atom is -0.481 e. The normalized spacial score (nSPS) is 12.0. The van der Waals surface area contributed by atoms with Gasteiger partial charge >= 0.3 is 5.97 Å². The third-order valence-corrected chi connectivity index (χ3v) is 2.67. The molecule has 0 aromatic heterocycles. The number of carboxylic acids is 1. The van der Waals surface area contributed by atoms with Gasteiger partial charge in [0.25, 0.3) is 5.91 Å². The van der Waals surface area contributed by atoms with E-state index in [9.17, 15) is 22.8 Å². The summed E-state index contributed by atoms with van der Waals surface area (Å²) in [6.45, 7) is 1.79. The fraction of sp³-hybridized carbons (Fsp3) is 0.385. The van der Waals surface area contributed by atoms with Crippen LogP contribution in [0.25, 0.3) is 0 Å². The molecule has 0 aliphatic rings. The molecule has 7 heteroatoms. The summed E-state index contributed by atoms with van der Waals surface area (Å²) in [5.41, 5.74) is -0.657. The highest BCUT2D eigenvalue weighted by molar-refractivity contribution is 5.94. The lowest BCUT2D eigenvalue weighted by Crippen LogP contribution is -2.37. The van der Waals surface area contributed by atoms with Crippen molar-refractivity contribution in [2.45, 2.75) is 32.2 Å². The van der Waals surface area contributed by atoms with Crippen LogP contribution in [0.4, 0.5) is 13.2 Å². The summed E-state index contributed by atoms with van der Waals surface area (Å²) in [6.07, 6.45) is 0.659. The molecule has 0 spiro atoms. The number of benzene rings is 1. The van der Waals surface area contributed by atoms with Crippen molar-refractivity contribution in [3.05, 3.63) is 35.1 Å². The Morgan fingerprint density at radius 3 is 2.45 bits per heavy atom. The van der Waals surface area contributed by atoms with Gasteiger partial charge in [0.1, 0.15) is 0 Å². The molecule has 110 valence electrons. The molecule has 1 aromatic rings. The van der Waals surface area contributed by atoms with Crippen LogP contribution in [0.1, 0.15) is 36.5 Å². The van der Waals surface area contributed by atoms with Crippen LogP contribution in [-0.4, -0.2) is 23.0 Å². The van der Waals surface area contributed by atoms with Gasteiger partial charge in [-0.05, 0) is 18.6 Å². The number of halogens is 3. The minimum absolute atomic E-state index is 0.328. The monoisotopic (exact) mass is 289 g/mol. The van der Waals surface area contributed by atoms with Gasteiger partial charge in [-0.25, -0.2) is 13.2 Å². The van der Waals surface area contributed by atoms with E-state index in [-0.39, 0.29) is 6.42 Å². The Morgan fingerprint density at radius 1 is 1.25 bits per heavy atom. The van der Waals surface area contributed by atoms with Gasteiger partial charge in [-0.1, -0.05) is 13.3 Å². The molecule has 2 N–H and O–H groups in total. The number of carbonyl (C=O) groups is 2. The van der Waals surface area contributed by atoms with Crippen LogP contribution in [0.15, 0.2) is 12.1 Å². The quantitative estimate of drug-likeness (QED) is 0.791. The summed E-state index contributed by atoms with van der Waals surface area (Å²) in [7, 11) is 0. The number of hydrogen-bond donors (Lipinski definition) is 2. The van der Waals surface area contributed by atoms with E-state index in [4.69, 9.17) is 5.11 Å². The molecule has 1 atom stereocenters.